The van der Waals surface area contributed by atoms with E-state index in [1.807, 2.05) is 36.6 Å². The van der Waals surface area contributed by atoms with Gasteiger partial charge in [0.1, 0.15) is 5.76 Å². The average molecular weight is 250 g/mol. The lowest BCUT2D eigenvalue weighted by Crippen LogP contribution is -2.37. The third-order valence-corrected chi connectivity index (χ3v) is 3.01. The fourth-order valence-electron chi connectivity index (χ4n) is 1.50. The average Bonchev–Trinajstić information content (AvgIpc) is 2.90. The maximum atomic E-state index is 11.6. The molecule has 2 aromatic heterocycles. The molecule has 2 N–H and O–H groups in total. The van der Waals surface area contributed by atoms with Crippen LogP contribution in [0.15, 0.2) is 40.3 Å². The SMILES string of the molecule is C[C@H](Cc1ccco1)NC(=O)Nc1cccs1. The second-order valence-electron chi connectivity index (χ2n) is 3.76. The quantitative estimate of drug-likeness (QED) is 0.876. The van der Waals surface area contributed by atoms with Gasteiger partial charge in [0, 0.05) is 12.5 Å². The van der Waals surface area contributed by atoms with Crippen molar-refractivity contribution >= 4 is 22.4 Å². The Hall–Kier alpha value is -1.75. The van der Waals surface area contributed by atoms with Crippen LogP contribution in [0.25, 0.3) is 0 Å². The molecule has 2 aromatic rings. The molecule has 0 saturated heterocycles. The topological polar surface area (TPSA) is 54.3 Å². The van der Waals surface area contributed by atoms with Crippen molar-refractivity contribution in [3.05, 3.63) is 41.7 Å². The minimum absolute atomic E-state index is 0.0288. The zero-order chi connectivity index (χ0) is 12.1. The summed E-state index contributed by atoms with van der Waals surface area (Å²) in [5, 5.41) is 8.38. The molecule has 0 fully saturated rings. The van der Waals surface area contributed by atoms with Gasteiger partial charge in [0.2, 0.25) is 0 Å². The molecule has 4 nitrogen and oxygen atoms in total. The molecule has 0 bridgehead atoms. The van der Waals surface area contributed by atoms with Gasteiger partial charge in [-0.15, -0.1) is 11.3 Å². The van der Waals surface area contributed by atoms with Crippen molar-refractivity contribution in [3.8, 4) is 0 Å². The minimum atomic E-state index is -0.188. The van der Waals surface area contributed by atoms with Crippen molar-refractivity contribution < 1.29 is 9.21 Å². The Morgan fingerprint density at radius 1 is 1.47 bits per heavy atom. The first kappa shape index (κ1) is 11.7. The first-order chi connectivity index (χ1) is 8.24. The van der Waals surface area contributed by atoms with Crippen LogP contribution < -0.4 is 10.6 Å². The molecule has 2 amide bonds. The van der Waals surface area contributed by atoms with Crippen molar-refractivity contribution in [2.24, 2.45) is 0 Å². The van der Waals surface area contributed by atoms with Gasteiger partial charge in [-0.25, -0.2) is 4.79 Å². The molecule has 1 atom stereocenters. The molecule has 2 heterocycles. The van der Waals surface area contributed by atoms with Crippen LogP contribution in [-0.4, -0.2) is 12.1 Å². The fourth-order valence-corrected chi connectivity index (χ4v) is 2.12. The molecular weight excluding hydrogens is 236 g/mol. The van der Waals surface area contributed by atoms with Gasteiger partial charge in [-0.2, -0.15) is 0 Å². The molecule has 0 aliphatic heterocycles. The molecule has 90 valence electrons. The first-order valence-corrected chi connectivity index (χ1v) is 6.25. The van der Waals surface area contributed by atoms with Crippen molar-refractivity contribution in [2.45, 2.75) is 19.4 Å². The lowest BCUT2D eigenvalue weighted by atomic mass is 10.2. The highest BCUT2D eigenvalue weighted by molar-refractivity contribution is 7.14. The zero-order valence-corrected chi connectivity index (χ0v) is 10.3. The number of thiophene rings is 1. The Bertz CT molecular complexity index is 451. The molecule has 0 spiro atoms. The molecule has 0 aliphatic carbocycles. The third kappa shape index (κ3) is 3.64. The van der Waals surface area contributed by atoms with E-state index in [9.17, 15) is 4.79 Å². The monoisotopic (exact) mass is 250 g/mol. The van der Waals surface area contributed by atoms with Gasteiger partial charge in [-0.3, -0.25) is 5.32 Å². The van der Waals surface area contributed by atoms with E-state index < -0.39 is 0 Å². The summed E-state index contributed by atoms with van der Waals surface area (Å²) in [6, 6.07) is 7.34. The van der Waals surface area contributed by atoms with E-state index in [4.69, 9.17) is 4.42 Å². The molecule has 2 rings (SSSR count). The summed E-state index contributed by atoms with van der Waals surface area (Å²) < 4.78 is 5.22. The number of hydrogen-bond donors (Lipinski definition) is 2. The van der Waals surface area contributed by atoms with Crippen LogP contribution in [0.2, 0.25) is 0 Å². The summed E-state index contributed by atoms with van der Waals surface area (Å²) >= 11 is 1.49. The summed E-state index contributed by atoms with van der Waals surface area (Å²) in [6.45, 7) is 1.94. The van der Waals surface area contributed by atoms with E-state index in [2.05, 4.69) is 10.6 Å². The normalized spacial score (nSPS) is 12.1. The number of anilines is 1. The van der Waals surface area contributed by atoms with Crippen LogP contribution in [0.5, 0.6) is 0 Å². The molecule has 0 aromatic carbocycles. The van der Waals surface area contributed by atoms with Gasteiger partial charge in [-0.1, -0.05) is 0 Å². The van der Waals surface area contributed by atoms with E-state index in [0.29, 0.717) is 6.42 Å². The molecule has 17 heavy (non-hydrogen) atoms. The summed E-state index contributed by atoms with van der Waals surface area (Å²) in [6.07, 6.45) is 2.32. The second-order valence-corrected chi connectivity index (χ2v) is 4.71. The van der Waals surface area contributed by atoms with Crippen LogP contribution in [0, 0.1) is 0 Å². The molecule has 0 saturated carbocycles. The van der Waals surface area contributed by atoms with E-state index in [0.717, 1.165) is 10.8 Å². The lowest BCUT2D eigenvalue weighted by molar-refractivity contribution is 0.249. The number of rotatable bonds is 4. The summed E-state index contributed by atoms with van der Waals surface area (Å²) in [7, 11) is 0. The number of urea groups is 1. The van der Waals surface area contributed by atoms with Crippen molar-refractivity contribution in [1.29, 1.82) is 0 Å². The molecular formula is C12H14N2O2S. The Labute approximate surface area is 104 Å². The molecule has 0 aliphatic rings. The van der Waals surface area contributed by atoms with E-state index in [1.165, 1.54) is 11.3 Å². The van der Waals surface area contributed by atoms with Crippen LogP contribution in [0.4, 0.5) is 9.80 Å². The lowest BCUT2D eigenvalue weighted by Gasteiger charge is -2.12. The Balaban J connectivity index is 1.78. The van der Waals surface area contributed by atoms with Crippen molar-refractivity contribution in [3.63, 3.8) is 0 Å². The number of carbonyl (C=O) groups is 1. The van der Waals surface area contributed by atoms with Crippen molar-refractivity contribution in [1.82, 2.24) is 5.32 Å². The van der Waals surface area contributed by atoms with Gasteiger partial charge < -0.3 is 9.73 Å². The standard InChI is InChI=1S/C12H14N2O2S/c1-9(8-10-4-2-6-16-10)13-12(15)14-11-5-3-7-17-11/h2-7,9H,8H2,1H3,(H2,13,14,15)/t9-/m1/s1. The maximum Gasteiger partial charge on any atom is 0.320 e. The summed E-state index contributed by atoms with van der Waals surface area (Å²) in [5.41, 5.74) is 0. The van der Waals surface area contributed by atoms with Gasteiger partial charge in [0.15, 0.2) is 0 Å². The van der Waals surface area contributed by atoms with Gasteiger partial charge >= 0.3 is 6.03 Å². The Kier molecular flexibility index (Phi) is 3.82. The third-order valence-electron chi connectivity index (χ3n) is 2.22. The van der Waals surface area contributed by atoms with Crippen LogP contribution in [0.3, 0.4) is 0 Å². The highest BCUT2D eigenvalue weighted by Crippen LogP contribution is 2.14. The van der Waals surface area contributed by atoms with Crippen LogP contribution in [0.1, 0.15) is 12.7 Å². The minimum Gasteiger partial charge on any atom is -0.469 e. The number of furan rings is 1. The molecule has 0 radical (unpaired) electrons. The number of carbonyl (C=O) groups excluding carboxylic acids is 1. The molecule has 5 heteroatoms. The van der Waals surface area contributed by atoms with E-state index in [-0.39, 0.29) is 12.1 Å². The molecule has 0 unspecified atom stereocenters. The fraction of sp³-hybridized carbons (Fsp3) is 0.250. The maximum absolute atomic E-state index is 11.6. The Morgan fingerprint density at radius 2 is 2.35 bits per heavy atom. The zero-order valence-electron chi connectivity index (χ0n) is 9.47. The first-order valence-electron chi connectivity index (χ1n) is 5.37. The highest BCUT2D eigenvalue weighted by atomic mass is 32.1. The summed E-state index contributed by atoms with van der Waals surface area (Å²) in [4.78, 5) is 11.6. The predicted molar refractivity (Wildman–Crippen MR) is 68.3 cm³/mol. The van der Waals surface area contributed by atoms with Gasteiger partial charge in [0.25, 0.3) is 0 Å². The summed E-state index contributed by atoms with van der Waals surface area (Å²) in [5.74, 6) is 0.869. The smallest absolute Gasteiger partial charge is 0.320 e. The van der Waals surface area contributed by atoms with Crippen LogP contribution >= 0.6 is 11.3 Å². The van der Waals surface area contributed by atoms with Crippen molar-refractivity contribution in [2.75, 3.05) is 5.32 Å². The largest absolute Gasteiger partial charge is 0.469 e. The number of hydrogen-bond acceptors (Lipinski definition) is 3. The van der Waals surface area contributed by atoms with E-state index >= 15 is 0 Å². The second kappa shape index (κ2) is 5.54. The predicted octanol–water partition coefficient (Wildman–Crippen LogP) is 3.09. The Morgan fingerprint density at radius 3 is 3.00 bits per heavy atom. The number of nitrogens with one attached hydrogen (secondary N) is 2. The highest BCUT2D eigenvalue weighted by Gasteiger charge is 2.09. The van der Waals surface area contributed by atoms with Gasteiger partial charge in [-0.05, 0) is 36.6 Å². The van der Waals surface area contributed by atoms with Crippen LogP contribution in [-0.2, 0) is 6.42 Å². The van der Waals surface area contributed by atoms with E-state index in [1.54, 1.807) is 6.26 Å². The van der Waals surface area contributed by atoms with Gasteiger partial charge in [0.05, 0.1) is 11.3 Å². The number of amides is 2.